The van der Waals surface area contributed by atoms with E-state index in [0.717, 1.165) is 0 Å². The molecule has 1 aromatic carbocycles. The summed E-state index contributed by atoms with van der Waals surface area (Å²) in [5, 5.41) is 3.92. The Morgan fingerprint density at radius 3 is 2.83 bits per heavy atom. The van der Waals surface area contributed by atoms with Gasteiger partial charge < -0.3 is 21.7 Å². The molecule has 1 aliphatic heterocycles. The number of benzene rings is 1. The lowest BCUT2D eigenvalue weighted by atomic mass is 10.1. The summed E-state index contributed by atoms with van der Waals surface area (Å²) in [5.41, 5.74) is 20.2. The molecule has 0 aliphatic carbocycles. The van der Waals surface area contributed by atoms with Crippen molar-refractivity contribution in [3.63, 3.8) is 0 Å². The number of amidine groups is 1. The Bertz CT molecular complexity index is 1000. The van der Waals surface area contributed by atoms with E-state index < -0.39 is 0 Å². The molecule has 150 valence electrons. The quantitative estimate of drug-likeness (QED) is 0.483. The Morgan fingerprint density at radius 2 is 2.07 bits per heavy atom. The van der Waals surface area contributed by atoms with Crippen LogP contribution in [-0.2, 0) is 6.42 Å². The Labute approximate surface area is 167 Å². The van der Waals surface area contributed by atoms with Gasteiger partial charge in [0.05, 0.1) is 23.7 Å². The number of aryl methyl sites for hydroxylation is 1. The van der Waals surface area contributed by atoms with Gasteiger partial charge >= 0.3 is 0 Å². The Kier molecular flexibility index (Phi) is 6.51. The molecule has 1 aliphatic rings. The van der Waals surface area contributed by atoms with E-state index in [9.17, 15) is 4.39 Å². The molecule has 6 N–H and O–H groups in total. The lowest BCUT2D eigenvalue weighted by molar-refractivity contribution is 0.418. The molecule has 2 aromatic rings. The Balaban J connectivity index is 1.75. The first-order valence-corrected chi connectivity index (χ1v) is 9.03. The second-order valence-corrected chi connectivity index (χ2v) is 6.32. The minimum atomic E-state index is -0.214. The molecule has 0 unspecified atom stereocenters. The van der Waals surface area contributed by atoms with Gasteiger partial charge in [-0.25, -0.2) is 9.38 Å². The largest absolute Gasteiger partial charge is 0.397 e. The summed E-state index contributed by atoms with van der Waals surface area (Å²) in [5.74, 6) is 0.293. The molecule has 3 rings (SSSR count). The van der Waals surface area contributed by atoms with Gasteiger partial charge in [0.15, 0.2) is 0 Å². The zero-order chi connectivity index (χ0) is 20.6. The predicted molar refractivity (Wildman–Crippen MR) is 111 cm³/mol. The van der Waals surface area contributed by atoms with Crippen molar-refractivity contribution >= 4 is 17.3 Å². The van der Waals surface area contributed by atoms with Crippen molar-refractivity contribution in [2.45, 2.75) is 12.8 Å². The second-order valence-electron chi connectivity index (χ2n) is 6.32. The fraction of sp³-hybridized carbons (Fsp3) is 0.200. The number of rotatable bonds is 7. The lowest BCUT2D eigenvalue weighted by Crippen LogP contribution is -2.18. The number of hydrogen-bond acceptors (Lipinski definition) is 8. The summed E-state index contributed by atoms with van der Waals surface area (Å²) in [6.07, 6.45) is 5.79. The number of halogens is 1. The minimum Gasteiger partial charge on any atom is -0.397 e. The molecular weight excluding hydrogens is 373 g/mol. The molecule has 0 atom stereocenters. The van der Waals surface area contributed by atoms with E-state index in [-0.39, 0.29) is 24.0 Å². The third-order valence-electron chi connectivity index (χ3n) is 4.14. The van der Waals surface area contributed by atoms with Crippen LogP contribution in [-0.4, -0.2) is 35.5 Å². The maximum Gasteiger partial charge on any atom is 0.131 e. The summed E-state index contributed by atoms with van der Waals surface area (Å²) in [7, 11) is 0. The molecule has 0 bridgehead atoms. The van der Waals surface area contributed by atoms with Gasteiger partial charge in [0.2, 0.25) is 0 Å². The molecular formula is C20H22FN7O. The van der Waals surface area contributed by atoms with Crippen molar-refractivity contribution in [3.8, 4) is 0 Å². The highest BCUT2D eigenvalue weighted by molar-refractivity contribution is 6.14. The van der Waals surface area contributed by atoms with Gasteiger partial charge in [-0.1, -0.05) is 23.4 Å². The van der Waals surface area contributed by atoms with Gasteiger partial charge in [0, 0.05) is 18.7 Å². The Morgan fingerprint density at radius 1 is 1.24 bits per heavy atom. The monoisotopic (exact) mass is 395 g/mol. The average molecular weight is 395 g/mol. The molecule has 0 fully saturated rings. The van der Waals surface area contributed by atoms with E-state index in [1.54, 1.807) is 24.3 Å². The van der Waals surface area contributed by atoms with E-state index in [1.165, 1.54) is 18.4 Å². The maximum absolute atomic E-state index is 13.7. The number of aliphatic imine (C=N–C) groups is 3. The van der Waals surface area contributed by atoms with Crippen molar-refractivity contribution in [3.05, 3.63) is 77.3 Å². The van der Waals surface area contributed by atoms with Crippen LogP contribution in [0.25, 0.3) is 0 Å². The van der Waals surface area contributed by atoms with Crippen molar-refractivity contribution in [1.29, 1.82) is 0 Å². The fourth-order valence-corrected chi connectivity index (χ4v) is 2.69. The van der Waals surface area contributed by atoms with Crippen molar-refractivity contribution in [2.24, 2.45) is 32.2 Å². The SMILES string of the molecule is NC1=CC(N)=NCC(C(N)=CC(=NCCCc2ccccc2F)c2ccon2)=N1. The highest BCUT2D eigenvalue weighted by Gasteiger charge is 2.11. The lowest BCUT2D eigenvalue weighted by Gasteiger charge is -2.05. The number of allylic oxidation sites excluding steroid dienone is 1. The second kappa shape index (κ2) is 9.45. The smallest absolute Gasteiger partial charge is 0.131 e. The third-order valence-corrected chi connectivity index (χ3v) is 4.14. The van der Waals surface area contributed by atoms with Crippen LogP contribution < -0.4 is 17.2 Å². The third kappa shape index (κ3) is 5.61. The van der Waals surface area contributed by atoms with Gasteiger partial charge in [-0.2, -0.15) is 0 Å². The van der Waals surface area contributed by atoms with E-state index in [0.29, 0.717) is 47.8 Å². The van der Waals surface area contributed by atoms with E-state index in [2.05, 4.69) is 20.1 Å². The zero-order valence-electron chi connectivity index (χ0n) is 15.8. The zero-order valence-corrected chi connectivity index (χ0v) is 15.8. The van der Waals surface area contributed by atoms with Crippen LogP contribution >= 0.6 is 0 Å². The molecule has 0 spiro atoms. The minimum absolute atomic E-state index is 0.199. The first kappa shape index (κ1) is 20.0. The summed E-state index contributed by atoms with van der Waals surface area (Å²) >= 11 is 0. The van der Waals surface area contributed by atoms with E-state index in [1.807, 2.05) is 6.07 Å². The van der Waals surface area contributed by atoms with Crippen LogP contribution in [0.5, 0.6) is 0 Å². The van der Waals surface area contributed by atoms with Crippen LogP contribution in [0.15, 0.2) is 79.8 Å². The standard InChI is InChI=1S/C20H22FN7O/c21-14-6-2-1-4-13(14)5-3-8-25-17(16-7-9-29-28-16)10-15(22)18-12-26-19(23)11-20(24)27-18/h1-2,4,6-7,9-11H,3,5,8,12,22,24H2,(H2,23,26). The molecule has 8 nitrogen and oxygen atoms in total. The van der Waals surface area contributed by atoms with Gasteiger partial charge in [-0.05, 0) is 30.5 Å². The predicted octanol–water partition coefficient (Wildman–Crippen LogP) is 1.69. The maximum atomic E-state index is 13.7. The van der Waals surface area contributed by atoms with Gasteiger partial charge in [0.25, 0.3) is 0 Å². The highest BCUT2D eigenvalue weighted by Crippen LogP contribution is 2.10. The van der Waals surface area contributed by atoms with Gasteiger partial charge in [0.1, 0.15) is 29.4 Å². The first-order valence-electron chi connectivity index (χ1n) is 9.03. The number of nitrogens with zero attached hydrogens (tertiary/aromatic N) is 4. The molecule has 2 heterocycles. The van der Waals surface area contributed by atoms with Crippen LogP contribution in [0.3, 0.4) is 0 Å². The summed E-state index contributed by atoms with van der Waals surface area (Å²) in [4.78, 5) is 12.9. The van der Waals surface area contributed by atoms with E-state index >= 15 is 0 Å². The van der Waals surface area contributed by atoms with Crippen LogP contribution in [0.1, 0.15) is 17.7 Å². The van der Waals surface area contributed by atoms with Crippen molar-refractivity contribution < 1.29 is 8.91 Å². The van der Waals surface area contributed by atoms with Crippen LogP contribution in [0.2, 0.25) is 0 Å². The van der Waals surface area contributed by atoms with Gasteiger partial charge in [-0.3, -0.25) is 9.98 Å². The summed E-state index contributed by atoms with van der Waals surface area (Å²) in [6, 6.07) is 8.38. The first-order chi connectivity index (χ1) is 14.0. The van der Waals surface area contributed by atoms with Crippen LogP contribution in [0, 0.1) is 5.82 Å². The van der Waals surface area contributed by atoms with Gasteiger partial charge in [-0.15, -0.1) is 0 Å². The Hall–Kier alpha value is -3.75. The fourth-order valence-electron chi connectivity index (χ4n) is 2.69. The molecule has 9 heteroatoms. The molecule has 0 saturated carbocycles. The average Bonchev–Trinajstić information content (AvgIpc) is 3.17. The molecule has 0 radical (unpaired) electrons. The summed E-state index contributed by atoms with van der Waals surface area (Å²) in [6.45, 7) is 0.657. The highest BCUT2D eigenvalue weighted by atomic mass is 19.1. The van der Waals surface area contributed by atoms with E-state index in [4.69, 9.17) is 21.7 Å². The van der Waals surface area contributed by atoms with Crippen LogP contribution in [0.4, 0.5) is 4.39 Å². The molecule has 29 heavy (non-hydrogen) atoms. The number of hydrogen-bond donors (Lipinski definition) is 3. The number of aromatic nitrogens is 1. The van der Waals surface area contributed by atoms with Crippen molar-refractivity contribution in [2.75, 3.05) is 13.1 Å². The van der Waals surface area contributed by atoms with Crippen molar-refractivity contribution in [1.82, 2.24) is 5.16 Å². The molecule has 0 saturated heterocycles. The topological polar surface area (TPSA) is 141 Å². The summed E-state index contributed by atoms with van der Waals surface area (Å²) < 4.78 is 18.7. The molecule has 0 amide bonds. The molecule has 1 aromatic heterocycles. The normalized spacial score (nSPS) is 15.4. The number of nitrogens with two attached hydrogens (primary N) is 3.